The Balaban J connectivity index is 1.79. The number of nitrogens with one attached hydrogen (secondary N) is 1. The molecule has 1 heterocycles. The molecular weight excluding hydrogens is 402 g/mol. The lowest BCUT2D eigenvalue weighted by Gasteiger charge is -2.13. The molecule has 1 amide bonds. The average Bonchev–Trinajstić information content (AvgIpc) is 3.09. The molecule has 1 N–H and O–H groups in total. The van der Waals surface area contributed by atoms with Crippen molar-refractivity contribution in [3.8, 4) is 17.2 Å². The zero-order valence-electron chi connectivity index (χ0n) is 14.4. The monoisotopic (exact) mass is 419 g/mol. The fraction of sp³-hybridized carbons (Fsp3) is 0.263. The van der Waals surface area contributed by atoms with Gasteiger partial charge in [-0.25, -0.2) is 0 Å². The molecule has 0 spiro atoms. The van der Waals surface area contributed by atoms with E-state index in [2.05, 4.69) is 21.2 Å². The lowest BCUT2D eigenvalue weighted by molar-refractivity contribution is -0.115. The van der Waals surface area contributed by atoms with Gasteiger partial charge in [-0.15, -0.1) is 0 Å². The second-order valence-corrected chi connectivity index (χ2v) is 7.18. The van der Waals surface area contributed by atoms with E-state index in [-0.39, 0.29) is 29.7 Å². The van der Waals surface area contributed by atoms with Crippen molar-refractivity contribution in [3.63, 3.8) is 0 Å². The molecule has 7 heteroatoms. The minimum absolute atomic E-state index is 0.0751. The van der Waals surface area contributed by atoms with Gasteiger partial charge in [0.25, 0.3) is 0 Å². The van der Waals surface area contributed by atoms with Crippen LogP contribution in [0.25, 0.3) is 0 Å². The third kappa shape index (κ3) is 3.99. The van der Waals surface area contributed by atoms with E-state index in [1.165, 1.54) is 7.11 Å². The van der Waals surface area contributed by atoms with E-state index in [1.807, 2.05) is 6.07 Å². The number of alkyl halides is 1. The van der Waals surface area contributed by atoms with Gasteiger partial charge in [0.1, 0.15) is 5.75 Å². The molecule has 0 aromatic heterocycles. The van der Waals surface area contributed by atoms with Crippen molar-refractivity contribution in [2.45, 2.75) is 18.2 Å². The number of hydrogen-bond donors (Lipinski definition) is 1. The molecule has 6 nitrogen and oxygen atoms in total. The number of amides is 1. The predicted molar refractivity (Wildman–Crippen MR) is 101 cm³/mol. The van der Waals surface area contributed by atoms with Gasteiger partial charge < -0.3 is 19.5 Å². The van der Waals surface area contributed by atoms with E-state index in [4.69, 9.17) is 14.2 Å². The fourth-order valence-corrected chi connectivity index (χ4v) is 2.66. The molecular formula is C19H18BrNO5. The van der Waals surface area contributed by atoms with Gasteiger partial charge in [-0.3, -0.25) is 9.59 Å². The second-order valence-electron chi connectivity index (χ2n) is 5.81. The number of carbonyl (C=O) groups excluding carboxylic acids is 2. The van der Waals surface area contributed by atoms with Crippen molar-refractivity contribution in [3.05, 3.63) is 47.5 Å². The zero-order chi connectivity index (χ0) is 18.7. The van der Waals surface area contributed by atoms with Gasteiger partial charge >= 0.3 is 0 Å². The van der Waals surface area contributed by atoms with Crippen LogP contribution in [0.5, 0.6) is 17.2 Å². The van der Waals surface area contributed by atoms with Crippen LogP contribution < -0.4 is 19.5 Å². The van der Waals surface area contributed by atoms with Crippen LogP contribution >= 0.6 is 15.9 Å². The average molecular weight is 420 g/mol. The number of Topliss-reactive ketones (excluding diaryl/α,β-unsaturated/α-hetero) is 1. The first-order chi connectivity index (χ1) is 12.5. The van der Waals surface area contributed by atoms with Crippen molar-refractivity contribution in [2.24, 2.45) is 0 Å². The quantitative estimate of drug-likeness (QED) is 0.572. The first-order valence-corrected chi connectivity index (χ1v) is 8.94. The molecule has 2 aromatic rings. The van der Waals surface area contributed by atoms with E-state index in [9.17, 15) is 9.59 Å². The number of methoxy groups -OCH3 is 1. The van der Waals surface area contributed by atoms with Crippen LogP contribution in [0.4, 0.5) is 5.69 Å². The molecule has 3 rings (SSSR count). The summed E-state index contributed by atoms with van der Waals surface area (Å²) in [5.41, 5.74) is 1.77. The summed E-state index contributed by atoms with van der Waals surface area (Å²) < 4.78 is 15.9. The largest absolute Gasteiger partial charge is 0.495 e. The van der Waals surface area contributed by atoms with Crippen molar-refractivity contribution in [2.75, 3.05) is 19.2 Å². The van der Waals surface area contributed by atoms with Crippen molar-refractivity contribution < 1.29 is 23.8 Å². The molecule has 1 aliphatic heterocycles. The number of ether oxygens (including phenoxy) is 3. The maximum Gasteiger partial charge on any atom is 0.237 e. The molecule has 0 bridgehead atoms. The summed E-state index contributed by atoms with van der Waals surface area (Å²) in [7, 11) is 1.51. The number of benzene rings is 2. The summed E-state index contributed by atoms with van der Waals surface area (Å²) in [6.45, 7) is 1.91. The normalized spacial score (nSPS) is 13.2. The van der Waals surface area contributed by atoms with Crippen LogP contribution in [-0.2, 0) is 11.2 Å². The molecule has 2 aromatic carbocycles. The number of carbonyl (C=O) groups is 2. The number of rotatable bonds is 6. The highest BCUT2D eigenvalue weighted by Gasteiger charge is 2.17. The molecule has 1 unspecified atom stereocenters. The fourth-order valence-electron chi connectivity index (χ4n) is 2.55. The van der Waals surface area contributed by atoms with Gasteiger partial charge in [0.2, 0.25) is 12.7 Å². The molecule has 0 saturated heterocycles. The Kier molecular flexibility index (Phi) is 5.46. The Morgan fingerprint density at radius 2 is 1.96 bits per heavy atom. The highest BCUT2D eigenvalue weighted by molar-refractivity contribution is 9.10. The Morgan fingerprint density at radius 3 is 2.69 bits per heavy atom. The molecule has 0 saturated carbocycles. The van der Waals surface area contributed by atoms with Crippen molar-refractivity contribution in [1.82, 2.24) is 0 Å². The predicted octanol–water partition coefficient (Wildman–Crippen LogP) is 3.57. The van der Waals surface area contributed by atoms with E-state index < -0.39 is 0 Å². The van der Waals surface area contributed by atoms with E-state index in [1.54, 1.807) is 37.3 Å². The smallest absolute Gasteiger partial charge is 0.237 e. The number of ketones is 1. The maximum atomic E-state index is 12.7. The standard InChI is InChI=1S/C19H18BrNO5/c1-11(20)19(23)21-14-9-13(4-6-16(14)24-2)15(22)7-12-3-5-17-18(8-12)26-10-25-17/h3-6,8-9,11H,7,10H2,1-2H3,(H,21,23). The third-order valence-electron chi connectivity index (χ3n) is 3.94. The Hall–Kier alpha value is -2.54. The summed E-state index contributed by atoms with van der Waals surface area (Å²) in [5.74, 6) is 1.52. The third-order valence-corrected chi connectivity index (χ3v) is 4.36. The van der Waals surface area contributed by atoms with Crippen LogP contribution in [0.2, 0.25) is 0 Å². The maximum absolute atomic E-state index is 12.7. The van der Waals surface area contributed by atoms with Gasteiger partial charge in [-0.2, -0.15) is 0 Å². The van der Waals surface area contributed by atoms with Crippen LogP contribution in [0.15, 0.2) is 36.4 Å². The van der Waals surface area contributed by atoms with Gasteiger partial charge in [0.15, 0.2) is 17.3 Å². The molecule has 0 fully saturated rings. The van der Waals surface area contributed by atoms with Crippen LogP contribution in [-0.4, -0.2) is 30.4 Å². The van der Waals surface area contributed by atoms with Gasteiger partial charge in [0, 0.05) is 12.0 Å². The van der Waals surface area contributed by atoms with Crippen LogP contribution in [0.1, 0.15) is 22.8 Å². The first-order valence-electron chi connectivity index (χ1n) is 8.02. The minimum Gasteiger partial charge on any atom is -0.495 e. The number of hydrogen-bond acceptors (Lipinski definition) is 5. The summed E-state index contributed by atoms with van der Waals surface area (Å²) in [5, 5.41) is 2.75. The second kappa shape index (κ2) is 7.78. The minimum atomic E-state index is -0.361. The Morgan fingerprint density at radius 1 is 1.19 bits per heavy atom. The lowest BCUT2D eigenvalue weighted by atomic mass is 10.0. The molecule has 1 aliphatic rings. The van der Waals surface area contributed by atoms with Gasteiger partial charge in [-0.05, 0) is 42.8 Å². The highest BCUT2D eigenvalue weighted by Crippen LogP contribution is 2.33. The highest BCUT2D eigenvalue weighted by atomic mass is 79.9. The Labute approximate surface area is 159 Å². The SMILES string of the molecule is COc1ccc(C(=O)Cc2ccc3c(c2)OCO3)cc1NC(=O)C(C)Br. The van der Waals surface area contributed by atoms with E-state index in [0.29, 0.717) is 28.5 Å². The summed E-state index contributed by atoms with van der Waals surface area (Å²) in [6, 6.07) is 10.4. The number of halogens is 1. The summed E-state index contributed by atoms with van der Waals surface area (Å²) in [4.78, 5) is 24.2. The van der Waals surface area contributed by atoms with Gasteiger partial charge in [-0.1, -0.05) is 22.0 Å². The van der Waals surface area contributed by atoms with Gasteiger partial charge in [0.05, 0.1) is 17.6 Å². The van der Waals surface area contributed by atoms with Crippen molar-refractivity contribution in [1.29, 1.82) is 0 Å². The van der Waals surface area contributed by atoms with Crippen LogP contribution in [0, 0.1) is 0 Å². The Bertz CT molecular complexity index is 850. The number of anilines is 1. The molecule has 0 radical (unpaired) electrons. The van der Waals surface area contributed by atoms with E-state index in [0.717, 1.165) is 5.56 Å². The first kappa shape index (κ1) is 18.3. The summed E-state index contributed by atoms with van der Waals surface area (Å²) in [6.07, 6.45) is 0.213. The summed E-state index contributed by atoms with van der Waals surface area (Å²) >= 11 is 3.22. The zero-order valence-corrected chi connectivity index (χ0v) is 16.0. The molecule has 1 atom stereocenters. The lowest BCUT2D eigenvalue weighted by Crippen LogP contribution is -2.20. The number of fused-ring (bicyclic) bond motifs is 1. The van der Waals surface area contributed by atoms with Crippen LogP contribution in [0.3, 0.4) is 0 Å². The molecule has 0 aliphatic carbocycles. The van der Waals surface area contributed by atoms with Crippen molar-refractivity contribution >= 4 is 33.3 Å². The molecule has 136 valence electrons. The topological polar surface area (TPSA) is 73.9 Å². The molecule has 26 heavy (non-hydrogen) atoms. The van der Waals surface area contributed by atoms with E-state index >= 15 is 0 Å².